The standard InChI is InChI=1S/C23H30N4O5S/c28-20-12-26(15-23(20,31)14-24-22(30)19-13-33-16-25-19)11-17-4-6-18(7-5-17)32-10-2-9-27-8-1-3-21(27)29/h4-7,13,16,20,28,31H,1-3,8-12,14-15H2,(H,24,30)/t20-,23+/m1/s1. The number of amides is 2. The summed E-state index contributed by atoms with van der Waals surface area (Å²) in [4.78, 5) is 31.5. The molecule has 2 aliphatic heterocycles. The molecule has 2 atom stereocenters. The quantitative estimate of drug-likeness (QED) is 0.438. The van der Waals surface area contributed by atoms with Gasteiger partial charge in [-0.25, -0.2) is 4.98 Å². The molecule has 1 aromatic heterocycles. The Balaban J connectivity index is 1.20. The number of hydrogen-bond acceptors (Lipinski definition) is 8. The fourth-order valence-corrected chi connectivity index (χ4v) is 4.78. The van der Waals surface area contributed by atoms with Gasteiger partial charge in [-0.2, -0.15) is 0 Å². The number of nitrogens with zero attached hydrogens (tertiary/aromatic N) is 3. The summed E-state index contributed by atoms with van der Waals surface area (Å²) < 4.78 is 5.79. The lowest BCUT2D eigenvalue weighted by molar-refractivity contribution is -0.127. The zero-order chi connectivity index (χ0) is 23.3. The smallest absolute Gasteiger partial charge is 0.270 e. The summed E-state index contributed by atoms with van der Waals surface area (Å²) in [5, 5.41) is 25.5. The first-order chi connectivity index (χ1) is 15.9. The zero-order valence-corrected chi connectivity index (χ0v) is 19.3. The Morgan fingerprint density at radius 3 is 2.85 bits per heavy atom. The van der Waals surface area contributed by atoms with Crippen molar-refractivity contribution in [2.45, 2.75) is 37.5 Å². The van der Waals surface area contributed by atoms with Crippen LogP contribution in [0.5, 0.6) is 5.75 Å². The number of carbonyl (C=O) groups is 2. The second-order valence-electron chi connectivity index (χ2n) is 8.68. The van der Waals surface area contributed by atoms with Gasteiger partial charge in [-0.05, 0) is 30.5 Å². The molecule has 2 aromatic rings. The first-order valence-electron chi connectivity index (χ1n) is 11.2. The van der Waals surface area contributed by atoms with E-state index in [1.165, 1.54) is 11.3 Å². The highest BCUT2D eigenvalue weighted by molar-refractivity contribution is 7.07. The number of thiazole rings is 1. The lowest BCUT2D eigenvalue weighted by Crippen LogP contribution is -2.51. The Labute approximate surface area is 197 Å². The van der Waals surface area contributed by atoms with Gasteiger partial charge in [0, 0.05) is 44.5 Å². The molecule has 178 valence electrons. The Kier molecular flexibility index (Phi) is 7.59. The number of benzene rings is 1. The number of β-amino-alcohol motifs (C(OH)–C–C–N with tert-alkyl or cyclic N) is 2. The highest BCUT2D eigenvalue weighted by atomic mass is 32.1. The van der Waals surface area contributed by atoms with Gasteiger partial charge in [0.25, 0.3) is 5.91 Å². The number of hydrogen-bond donors (Lipinski definition) is 3. The fraction of sp³-hybridized carbons (Fsp3) is 0.522. The van der Waals surface area contributed by atoms with Crippen molar-refractivity contribution in [3.8, 4) is 5.75 Å². The molecule has 0 aliphatic carbocycles. The minimum Gasteiger partial charge on any atom is -0.494 e. The lowest BCUT2D eigenvalue weighted by Gasteiger charge is -2.26. The minimum absolute atomic E-state index is 0.0448. The molecule has 3 heterocycles. The number of ether oxygens (including phenoxy) is 1. The van der Waals surface area contributed by atoms with Crippen molar-refractivity contribution in [3.05, 3.63) is 46.4 Å². The van der Waals surface area contributed by atoms with Crippen molar-refractivity contribution in [3.63, 3.8) is 0 Å². The van der Waals surface area contributed by atoms with Crippen LogP contribution in [0.3, 0.4) is 0 Å². The van der Waals surface area contributed by atoms with E-state index in [2.05, 4.69) is 10.3 Å². The van der Waals surface area contributed by atoms with Gasteiger partial charge in [-0.3, -0.25) is 14.5 Å². The zero-order valence-electron chi connectivity index (χ0n) is 18.5. The molecule has 9 nitrogen and oxygen atoms in total. The van der Waals surface area contributed by atoms with Crippen LogP contribution in [0.2, 0.25) is 0 Å². The third kappa shape index (κ3) is 6.08. The second-order valence-corrected chi connectivity index (χ2v) is 9.39. The van der Waals surface area contributed by atoms with E-state index in [0.717, 1.165) is 37.2 Å². The Morgan fingerprint density at radius 2 is 2.15 bits per heavy atom. The molecule has 2 fully saturated rings. The van der Waals surface area contributed by atoms with E-state index < -0.39 is 11.7 Å². The van der Waals surface area contributed by atoms with Gasteiger partial charge in [0.2, 0.25) is 5.91 Å². The molecule has 10 heteroatoms. The second kappa shape index (κ2) is 10.6. The lowest BCUT2D eigenvalue weighted by atomic mass is 10.0. The average Bonchev–Trinajstić information content (AvgIpc) is 3.53. The van der Waals surface area contributed by atoms with Crippen LogP contribution in [0.25, 0.3) is 0 Å². The minimum atomic E-state index is -1.41. The Hall–Kier alpha value is -2.53. The van der Waals surface area contributed by atoms with E-state index in [0.29, 0.717) is 31.8 Å². The van der Waals surface area contributed by atoms with Crippen molar-refractivity contribution in [2.75, 3.05) is 39.3 Å². The molecule has 3 N–H and O–H groups in total. The molecule has 2 saturated heterocycles. The molecule has 0 unspecified atom stereocenters. The molecule has 2 aliphatic rings. The van der Waals surface area contributed by atoms with Gasteiger partial charge in [0.05, 0.1) is 24.8 Å². The Morgan fingerprint density at radius 1 is 1.33 bits per heavy atom. The van der Waals surface area contributed by atoms with E-state index in [-0.39, 0.29) is 24.9 Å². The van der Waals surface area contributed by atoms with E-state index in [1.54, 1.807) is 10.9 Å². The van der Waals surface area contributed by atoms with Crippen molar-refractivity contribution < 1.29 is 24.5 Å². The largest absolute Gasteiger partial charge is 0.494 e. The van der Waals surface area contributed by atoms with Crippen LogP contribution in [0, 0.1) is 0 Å². The highest BCUT2D eigenvalue weighted by Gasteiger charge is 2.44. The van der Waals surface area contributed by atoms with Crippen LogP contribution in [0.1, 0.15) is 35.3 Å². The summed E-state index contributed by atoms with van der Waals surface area (Å²) in [6, 6.07) is 7.74. The number of aliphatic hydroxyl groups excluding tert-OH is 1. The summed E-state index contributed by atoms with van der Waals surface area (Å²) in [6.07, 6.45) is 1.46. The number of aromatic nitrogens is 1. The maximum absolute atomic E-state index is 12.1. The molecule has 1 aromatic carbocycles. The topological polar surface area (TPSA) is 115 Å². The van der Waals surface area contributed by atoms with Crippen molar-refractivity contribution in [1.82, 2.24) is 20.1 Å². The first-order valence-corrected chi connectivity index (χ1v) is 12.2. The monoisotopic (exact) mass is 474 g/mol. The van der Waals surface area contributed by atoms with Gasteiger partial charge in [-0.1, -0.05) is 12.1 Å². The summed E-state index contributed by atoms with van der Waals surface area (Å²) in [7, 11) is 0. The maximum atomic E-state index is 12.1. The molecular formula is C23H30N4O5S. The van der Waals surface area contributed by atoms with E-state index in [4.69, 9.17) is 4.74 Å². The highest BCUT2D eigenvalue weighted by Crippen LogP contribution is 2.24. The fourth-order valence-electron chi connectivity index (χ4n) is 4.25. The molecule has 4 rings (SSSR count). The van der Waals surface area contributed by atoms with Crippen LogP contribution in [0.4, 0.5) is 0 Å². The van der Waals surface area contributed by atoms with E-state index >= 15 is 0 Å². The third-order valence-corrected chi connectivity index (χ3v) is 6.70. The molecule has 33 heavy (non-hydrogen) atoms. The van der Waals surface area contributed by atoms with Gasteiger partial charge in [0.15, 0.2) is 0 Å². The predicted molar refractivity (Wildman–Crippen MR) is 123 cm³/mol. The van der Waals surface area contributed by atoms with Crippen LogP contribution < -0.4 is 10.1 Å². The summed E-state index contributed by atoms with van der Waals surface area (Å²) in [6.45, 7) is 3.23. The van der Waals surface area contributed by atoms with Crippen LogP contribution in [-0.4, -0.2) is 87.8 Å². The van der Waals surface area contributed by atoms with E-state index in [9.17, 15) is 19.8 Å². The van der Waals surface area contributed by atoms with Crippen LogP contribution in [0.15, 0.2) is 35.2 Å². The van der Waals surface area contributed by atoms with Gasteiger partial charge in [0.1, 0.15) is 17.0 Å². The normalized spacial score (nSPS) is 23.3. The summed E-state index contributed by atoms with van der Waals surface area (Å²) in [5.41, 5.74) is 1.50. The van der Waals surface area contributed by atoms with Crippen LogP contribution >= 0.6 is 11.3 Å². The number of rotatable bonds is 10. The summed E-state index contributed by atoms with van der Waals surface area (Å²) in [5.74, 6) is 0.646. The van der Waals surface area contributed by atoms with E-state index in [1.807, 2.05) is 34.1 Å². The predicted octanol–water partition coefficient (Wildman–Crippen LogP) is 0.872. The number of likely N-dealkylation sites (tertiary alicyclic amines) is 2. The molecule has 0 radical (unpaired) electrons. The molecular weight excluding hydrogens is 444 g/mol. The SMILES string of the molecule is O=C(NC[C@]1(O)CN(Cc2ccc(OCCCN3CCCC3=O)cc2)C[C@H]1O)c1cscn1. The number of nitrogens with one attached hydrogen (secondary N) is 1. The van der Waals surface area contributed by atoms with Gasteiger partial charge >= 0.3 is 0 Å². The Bertz CT molecular complexity index is 939. The number of carbonyl (C=O) groups excluding carboxylic acids is 2. The molecule has 0 spiro atoms. The first kappa shape index (κ1) is 23.6. The van der Waals surface area contributed by atoms with Crippen molar-refractivity contribution in [2.24, 2.45) is 0 Å². The third-order valence-electron chi connectivity index (χ3n) is 6.11. The number of aliphatic hydroxyl groups is 2. The van der Waals surface area contributed by atoms with Crippen molar-refractivity contribution in [1.29, 1.82) is 0 Å². The maximum Gasteiger partial charge on any atom is 0.270 e. The summed E-state index contributed by atoms with van der Waals surface area (Å²) >= 11 is 1.32. The van der Waals surface area contributed by atoms with Gasteiger partial charge < -0.3 is 25.2 Å². The van der Waals surface area contributed by atoms with Gasteiger partial charge in [-0.15, -0.1) is 11.3 Å². The molecule has 0 bridgehead atoms. The average molecular weight is 475 g/mol. The van der Waals surface area contributed by atoms with Crippen LogP contribution in [-0.2, 0) is 11.3 Å². The van der Waals surface area contributed by atoms with Crippen molar-refractivity contribution >= 4 is 23.2 Å². The molecule has 2 amide bonds. The molecule has 0 saturated carbocycles.